The van der Waals surface area contributed by atoms with Crippen molar-refractivity contribution in [1.29, 1.82) is 0 Å². The maximum absolute atomic E-state index is 5.70. The average molecular weight is 239 g/mol. The molecule has 100 valence electrons. The molecule has 1 heterocycles. The van der Waals surface area contributed by atoms with Crippen molar-refractivity contribution in [2.45, 2.75) is 76.9 Å². The van der Waals surface area contributed by atoms with Crippen LogP contribution < -0.4 is 5.32 Å². The Morgan fingerprint density at radius 1 is 1.18 bits per heavy atom. The zero-order valence-electron chi connectivity index (χ0n) is 11.4. The molecule has 0 aromatic rings. The molecule has 2 unspecified atom stereocenters. The fraction of sp³-hybridized carbons (Fsp3) is 1.00. The summed E-state index contributed by atoms with van der Waals surface area (Å²) in [6.07, 6.45) is 13.0. The Bertz CT molecular complexity index is 195. The predicted octanol–water partition coefficient (Wildman–Crippen LogP) is 3.50. The summed E-state index contributed by atoms with van der Waals surface area (Å²) in [5.41, 5.74) is 0. The quantitative estimate of drug-likeness (QED) is 0.734. The minimum atomic E-state index is 0.584. The van der Waals surface area contributed by atoms with Gasteiger partial charge in [-0.3, -0.25) is 0 Å². The summed E-state index contributed by atoms with van der Waals surface area (Å²) in [6.45, 7) is 4.37. The van der Waals surface area contributed by atoms with E-state index in [0.717, 1.165) is 25.1 Å². The van der Waals surface area contributed by atoms with Gasteiger partial charge in [0.2, 0.25) is 0 Å². The highest BCUT2D eigenvalue weighted by Crippen LogP contribution is 2.30. The molecule has 0 amide bonds. The number of nitrogens with one attached hydrogen (secondary N) is 1. The first-order valence-corrected chi connectivity index (χ1v) is 7.75. The predicted molar refractivity (Wildman–Crippen MR) is 72.2 cm³/mol. The summed E-state index contributed by atoms with van der Waals surface area (Å²) in [5, 5.41) is 3.71. The summed E-state index contributed by atoms with van der Waals surface area (Å²) in [5.74, 6) is 0.958. The fourth-order valence-corrected chi connectivity index (χ4v) is 3.56. The second-order valence-electron chi connectivity index (χ2n) is 5.77. The summed E-state index contributed by atoms with van der Waals surface area (Å²) in [7, 11) is 0. The molecule has 2 nitrogen and oxygen atoms in total. The van der Waals surface area contributed by atoms with E-state index in [1.807, 2.05) is 0 Å². The summed E-state index contributed by atoms with van der Waals surface area (Å²) < 4.78 is 5.70. The van der Waals surface area contributed by atoms with Gasteiger partial charge in [0.15, 0.2) is 0 Å². The smallest absolute Gasteiger partial charge is 0.0576 e. The first kappa shape index (κ1) is 13.4. The molecule has 17 heavy (non-hydrogen) atoms. The summed E-state index contributed by atoms with van der Waals surface area (Å²) in [4.78, 5) is 0. The Hall–Kier alpha value is -0.0800. The van der Waals surface area contributed by atoms with E-state index in [4.69, 9.17) is 4.74 Å². The molecule has 2 atom stereocenters. The minimum Gasteiger partial charge on any atom is -0.378 e. The summed E-state index contributed by atoms with van der Waals surface area (Å²) >= 11 is 0. The number of rotatable bonds is 7. The van der Waals surface area contributed by atoms with Crippen LogP contribution in [0, 0.1) is 5.92 Å². The molecule has 1 saturated heterocycles. The Labute approximate surface area is 107 Å². The van der Waals surface area contributed by atoms with E-state index in [2.05, 4.69) is 12.2 Å². The monoisotopic (exact) mass is 239 g/mol. The third-order valence-electron chi connectivity index (χ3n) is 4.50. The highest BCUT2D eigenvalue weighted by molar-refractivity contribution is 4.80. The van der Waals surface area contributed by atoms with Gasteiger partial charge in [-0.1, -0.05) is 19.8 Å². The lowest BCUT2D eigenvalue weighted by Gasteiger charge is -2.24. The van der Waals surface area contributed by atoms with Crippen LogP contribution in [0.2, 0.25) is 0 Å². The van der Waals surface area contributed by atoms with Crippen LogP contribution in [0.1, 0.15) is 64.7 Å². The van der Waals surface area contributed by atoms with E-state index >= 15 is 0 Å². The SMILES string of the molecule is CCNC(CCCC1CCCO1)C1CCCC1. The second kappa shape index (κ2) is 7.38. The molecule has 0 radical (unpaired) electrons. The van der Waals surface area contributed by atoms with Crippen molar-refractivity contribution >= 4 is 0 Å². The molecular weight excluding hydrogens is 210 g/mol. The van der Waals surface area contributed by atoms with E-state index in [1.165, 1.54) is 57.8 Å². The summed E-state index contributed by atoms with van der Waals surface area (Å²) in [6, 6.07) is 0.781. The normalized spacial score (nSPS) is 27.7. The number of hydrogen-bond donors (Lipinski definition) is 1. The molecule has 1 aliphatic heterocycles. The van der Waals surface area contributed by atoms with Crippen molar-refractivity contribution in [3.05, 3.63) is 0 Å². The van der Waals surface area contributed by atoms with Gasteiger partial charge in [0.25, 0.3) is 0 Å². The van der Waals surface area contributed by atoms with Gasteiger partial charge >= 0.3 is 0 Å². The highest BCUT2D eigenvalue weighted by atomic mass is 16.5. The van der Waals surface area contributed by atoms with E-state index < -0.39 is 0 Å². The van der Waals surface area contributed by atoms with Crippen LogP contribution in [0.15, 0.2) is 0 Å². The van der Waals surface area contributed by atoms with Crippen molar-refractivity contribution in [2.75, 3.05) is 13.2 Å². The molecule has 1 aliphatic carbocycles. The Kier molecular flexibility index (Phi) is 5.79. The van der Waals surface area contributed by atoms with E-state index in [1.54, 1.807) is 0 Å². The fourth-order valence-electron chi connectivity index (χ4n) is 3.56. The maximum atomic E-state index is 5.70. The van der Waals surface area contributed by atoms with Gasteiger partial charge in [0.05, 0.1) is 6.10 Å². The van der Waals surface area contributed by atoms with Crippen LogP contribution in [-0.4, -0.2) is 25.3 Å². The zero-order chi connectivity index (χ0) is 11.9. The van der Waals surface area contributed by atoms with Crippen LogP contribution in [0.5, 0.6) is 0 Å². The van der Waals surface area contributed by atoms with Gasteiger partial charge in [-0.15, -0.1) is 0 Å². The van der Waals surface area contributed by atoms with Crippen molar-refractivity contribution < 1.29 is 4.74 Å². The van der Waals surface area contributed by atoms with Gasteiger partial charge < -0.3 is 10.1 Å². The number of ether oxygens (including phenoxy) is 1. The number of hydrogen-bond acceptors (Lipinski definition) is 2. The van der Waals surface area contributed by atoms with E-state index in [-0.39, 0.29) is 0 Å². The van der Waals surface area contributed by atoms with Gasteiger partial charge in [0.1, 0.15) is 0 Å². The van der Waals surface area contributed by atoms with Crippen LogP contribution in [0.3, 0.4) is 0 Å². The molecule has 0 aromatic carbocycles. The molecule has 2 fully saturated rings. The Morgan fingerprint density at radius 3 is 2.65 bits per heavy atom. The van der Waals surface area contributed by atoms with Crippen molar-refractivity contribution in [1.82, 2.24) is 5.32 Å². The first-order valence-electron chi connectivity index (χ1n) is 7.75. The van der Waals surface area contributed by atoms with Gasteiger partial charge in [0, 0.05) is 12.6 Å². The van der Waals surface area contributed by atoms with E-state index in [9.17, 15) is 0 Å². The minimum absolute atomic E-state index is 0.584. The molecule has 2 aliphatic rings. The van der Waals surface area contributed by atoms with E-state index in [0.29, 0.717) is 6.10 Å². The average Bonchev–Trinajstić information content (AvgIpc) is 3.01. The maximum Gasteiger partial charge on any atom is 0.0576 e. The highest BCUT2D eigenvalue weighted by Gasteiger charge is 2.24. The van der Waals surface area contributed by atoms with Gasteiger partial charge in [-0.25, -0.2) is 0 Å². The lowest BCUT2D eigenvalue weighted by molar-refractivity contribution is 0.100. The molecule has 0 bridgehead atoms. The molecule has 0 spiro atoms. The lowest BCUT2D eigenvalue weighted by Crippen LogP contribution is -2.35. The Balaban J connectivity index is 1.65. The van der Waals surface area contributed by atoms with Crippen LogP contribution in [0.4, 0.5) is 0 Å². The second-order valence-corrected chi connectivity index (χ2v) is 5.77. The molecular formula is C15H29NO. The molecule has 2 rings (SSSR count). The lowest BCUT2D eigenvalue weighted by atomic mass is 9.92. The van der Waals surface area contributed by atoms with Crippen LogP contribution in [0.25, 0.3) is 0 Å². The van der Waals surface area contributed by atoms with Crippen LogP contribution in [-0.2, 0) is 4.74 Å². The first-order chi connectivity index (χ1) is 8.40. The van der Waals surface area contributed by atoms with Crippen molar-refractivity contribution in [3.63, 3.8) is 0 Å². The van der Waals surface area contributed by atoms with Gasteiger partial charge in [-0.2, -0.15) is 0 Å². The Morgan fingerprint density at radius 2 is 2.00 bits per heavy atom. The molecule has 1 saturated carbocycles. The largest absolute Gasteiger partial charge is 0.378 e. The zero-order valence-corrected chi connectivity index (χ0v) is 11.4. The third-order valence-corrected chi connectivity index (χ3v) is 4.50. The van der Waals surface area contributed by atoms with Crippen molar-refractivity contribution in [2.24, 2.45) is 5.92 Å². The topological polar surface area (TPSA) is 21.3 Å². The standard InChI is InChI=1S/C15H29NO/c1-2-16-15(13-7-3-4-8-13)11-5-9-14-10-6-12-17-14/h13-16H,2-12H2,1H3. The molecule has 0 aromatic heterocycles. The molecule has 2 heteroatoms. The van der Waals surface area contributed by atoms with Crippen molar-refractivity contribution in [3.8, 4) is 0 Å². The van der Waals surface area contributed by atoms with Gasteiger partial charge in [-0.05, 0) is 57.4 Å². The molecule has 1 N–H and O–H groups in total. The van der Waals surface area contributed by atoms with Crippen LogP contribution >= 0.6 is 0 Å². The third kappa shape index (κ3) is 4.26.